The second-order valence-corrected chi connectivity index (χ2v) is 6.42. The zero-order valence-corrected chi connectivity index (χ0v) is 11.5. The fraction of sp³-hybridized carbons (Fsp3) is 0.643. The Morgan fingerprint density at radius 2 is 2.12 bits per heavy atom. The zero-order valence-electron chi connectivity index (χ0n) is 10.7. The second-order valence-electron chi connectivity index (χ2n) is 5.29. The van der Waals surface area contributed by atoms with Crippen molar-refractivity contribution in [2.75, 3.05) is 0 Å². The van der Waals surface area contributed by atoms with Crippen LogP contribution in [0.25, 0.3) is 0 Å². The number of hydrogen-bond acceptors (Lipinski definition) is 2. The average Bonchev–Trinajstić information content (AvgIpc) is 2.68. The molecule has 2 rings (SSSR count). The summed E-state index contributed by atoms with van der Waals surface area (Å²) in [5, 5.41) is 1.95. The summed E-state index contributed by atoms with van der Waals surface area (Å²) in [6.07, 6.45) is 4.37. The van der Waals surface area contributed by atoms with E-state index in [1.807, 2.05) is 18.0 Å². The van der Waals surface area contributed by atoms with E-state index in [0.717, 1.165) is 0 Å². The van der Waals surface area contributed by atoms with Crippen LogP contribution in [0.2, 0.25) is 0 Å². The lowest BCUT2D eigenvalue weighted by Gasteiger charge is -2.33. The van der Waals surface area contributed by atoms with Crippen LogP contribution in [0.5, 0.6) is 0 Å². The van der Waals surface area contributed by atoms with Crippen molar-refractivity contribution in [2.45, 2.75) is 56.7 Å². The molecule has 2 heteroatoms. The van der Waals surface area contributed by atoms with E-state index in [1.165, 1.54) is 23.4 Å². The molecule has 16 heavy (non-hydrogen) atoms. The smallest absolute Gasteiger partial charge is 0.0998 e. The Morgan fingerprint density at radius 3 is 2.75 bits per heavy atom. The molecule has 1 aromatic heterocycles. The zero-order chi connectivity index (χ0) is 11.8. The summed E-state index contributed by atoms with van der Waals surface area (Å²) in [7, 11) is 0. The summed E-state index contributed by atoms with van der Waals surface area (Å²) in [6.45, 7) is 9.37. The van der Waals surface area contributed by atoms with E-state index in [2.05, 4.69) is 44.8 Å². The first kappa shape index (κ1) is 12.0. The summed E-state index contributed by atoms with van der Waals surface area (Å²) in [6, 6.07) is 4.33. The largest absolute Gasteiger partial charge is 0.250 e. The molecule has 0 aliphatic carbocycles. The predicted molar refractivity (Wildman–Crippen MR) is 71.0 cm³/mol. The Labute approximate surface area is 103 Å². The number of nitrogens with zero attached hydrogens (tertiary/aromatic N) is 1. The van der Waals surface area contributed by atoms with Gasteiger partial charge in [-0.2, -0.15) is 0 Å². The summed E-state index contributed by atoms with van der Waals surface area (Å²) in [5.41, 5.74) is 1.87. The van der Waals surface area contributed by atoms with Crippen molar-refractivity contribution >= 4 is 11.8 Å². The Balaban J connectivity index is 2.34. The first-order valence-corrected chi connectivity index (χ1v) is 7.09. The normalized spacial score (nSPS) is 24.5. The molecule has 0 fully saturated rings. The molecule has 88 valence electrons. The van der Waals surface area contributed by atoms with E-state index in [0.29, 0.717) is 16.6 Å². The highest BCUT2D eigenvalue weighted by atomic mass is 32.2. The van der Waals surface area contributed by atoms with Crippen LogP contribution in [0.1, 0.15) is 52.0 Å². The maximum absolute atomic E-state index is 4.52. The third-order valence-corrected chi connectivity index (χ3v) is 5.71. The van der Waals surface area contributed by atoms with Crippen LogP contribution in [0.3, 0.4) is 0 Å². The first-order chi connectivity index (χ1) is 7.60. The molecule has 0 radical (unpaired) electrons. The van der Waals surface area contributed by atoms with Gasteiger partial charge in [-0.05, 0) is 35.8 Å². The van der Waals surface area contributed by atoms with Crippen molar-refractivity contribution in [1.82, 2.24) is 4.98 Å². The van der Waals surface area contributed by atoms with Crippen molar-refractivity contribution in [3.8, 4) is 0 Å². The monoisotopic (exact) mass is 235 g/mol. The highest BCUT2D eigenvalue weighted by Gasteiger charge is 2.41. The van der Waals surface area contributed by atoms with Crippen LogP contribution in [0.4, 0.5) is 0 Å². The van der Waals surface area contributed by atoms with Crippen molar-refractivity contribution < 1.29 is 0 Å². The van der Waals surface area contributed by atoms with Crippen LogP contribution in [0.15, 0.2) is 23.4 Å². The molecule has 0 saturated carbocycles. The van der Waals surface area contributed by atoms with Crippen molar-refractivity contribution in [3.05, 3.63) is 23.9 Å². The molecule has 1 aromatic rings. The van der Waals surface area contributed by atoms with Gasteiger partial charge in [-0.3, -0.25) is 0 Å². The molecular formula is C14H21NS. The Bertz CT molecular complexity index is 373. The van der Waals surface area contributed by atoms with Gasteiger partial charge in [0.1, 0.15) is 0 Å². The van der Waals surface area contributed by atoms with Gasteiger partial charge in [0.15, 0.2) is 0 Å². The molecule has 0 bridgehead atoms. The number of fused-ring (bicyclic) bond motifs is 1. The minimum absolute atomic E-state index is 0.395. The lowest BCUT2D eigenvalue weighted by molar-refractivity contribution is 0.307. The average molecular weight is 235 g/mol. The van der Waals surface area contributed by atoms with Gasteiger partial charge in [0.2, 0.25) is 0 Å². The first-order valence-electron chi connectivity index (χ1n) is 6.21. The molecule has 2 heterocycles. The number of aromatic nitrogens is 1. The van der Waals surface area contributed by atoms with Crippen molar-refractivity contribution in [3.63, 3.8) is 0 Å². The van der Waals surface area contributed by atoms with E-state index in [9.17, 15) is 0 Å². The van der Waals surface area contributed by atoms with Crippen LogP contribution in [-0.4, -0.2) is 10.2 Å². The van der Waals surface area contributed by atoms with Gasteiger partial charge < -0.3 is 0 Å². The molecule has 0 amide bonds. The molecule has 0 aromatic carbocycles. The summed E-state index contributed by atoms with van der Waals surface area (Å²) < 4.78 is 0. The SMILES string of the molecule is CCC1c2cccnc2SC1C(C)(C)CC. The maximum Gasteiger partial charge on any atom is 0.0998 e. The molecule has 0 spiro atoms. The molecule has 1 aliphatic heterocycles. The van der Waals surface area contributed by atoms with Crippen LogP contribution in [-0.2, 0) is 0 Å². The molecule has 1 nitrogen and oxygen atoms in total. The Morgan fingerprint density at radius 1 is 1.38 bits per heavy atom. The van der Waals surface area contributed by atoms with E-state index < -0.39 is 0 Å². The van der Waals surface area contributed by atoms with Gasteiger partial charge in [0.25, 0.3) is 0 Å². The highest BCUT2D eigenvalue weighted by Crippen LogP contribution is 2.53. The van der Waals surface area contributed by atoms with Gasteiger partial charge in [-0.15, -0.1) is 11.8 Å². The molecule has 2 unspecified atom stereocenters. The summed E-state index contributed by atoms with van der Waals surface area (Å²) >= 11 is 1.99. The molecular weight excluding hydrogens is 214 g/mol. The Hall–Kier alpha value is -0.500. The van der Waals surface area contributed by atoms with E-state index in [1.54, 1.807) is 0 Å². The lowest BCUT2D eigenvalue weighted by Crippen LogP contribution is -2.28. The van der Waals surface area contributed by atoms with E-state index >= 15 is 0 Å². The van der Waals surface area contributed by atoms with Crippen LogP contribution >= 0.6 is 11.8 Å². The van der Waals surface area contributed by atoms with Gasteiger partial charge >= 0.3 is 0 Å². The number of thioether (sulfide) groups is 1. The fourth-order valence-corrected chi connectivity index (χ4v) is 4.20. The second kappa shape index (κ2) is 4.40. The number of rotatable bonds is 3. The minimum atomic E-state index is 0.395. The third-order valence-electron chi connectivity index (χ3n) is 3.93. The van der Waals surface area contributed by atoms with Crippen LogP contribution < -0.4 is 0 Å². The van der Waals surface area contributed by atoms with Gasteiger partial charge in [0.05, 0.1) is 5.03 Å². The Kier molecular flexibility index (Phi) is 3.29. The van der Waals surface area contributed by atoms with E-state index in [4.69, 9.17) is 0 Å². The van der Waals surface area contributed by atoms with Crippen molar-refractivity contribution in [2.24, 2.45) is 5.41 Å². The van der Waals surface area contributed by atoms with Crippen LogP contribution in [0, 0.1) is 5.41 Å². The fourth-order valence-electron chi connectivity index (χ4n) is 2.49. The van der Waals surface area contributed by atoms with Gasteiger partial charge in [0, 0.05) is 11.4 Å². The summed E-state index contributed by atoms with van der Waals surface area (Å²) in [4.78, 5) is 4.52. The number of hydrogen-bond donors (Lipinski definition) is 0. The predicted octanol–water partition coefficient (Wildman–Crippen LogP) is 4.49. The topological polar surface area (TPSA) is 12.9 Å². The quantitative estimate of drug-likeness (QED) is 0.766. The molecule has 2 atom stereocenters. The molecule has 0 N–H and O–H groups in total. The molecule has 0 saturated heterocycles. The minimum Gasteiger partial charge on any atom is -0.250 e. The van der Waals surface area contributed by atoms with E-state index in [-0.39, 0.29) is 0 Å². The standard InChI is InChI=1S/C14H21NS/c1-5-10-11-8-7-9-15-13(11)16-12(10)14(3,4)6-2/h7-10,12H,5-6H2,1-4H3. The maximum atomic E-state index is 4.52. The van der Waals surface area contributed by atoms with Gasteiger partial charge in [-0.1, -0.05) is 33.8 Å². The third kappa shape index (κ3) is 1.88. The number of pyridine rings is 1. The molecule has 1 aliphatic rings. The lowest BCUT2D eigenvalue weighted by atomic mass is 9.77. The highest BCUT2D eigenvalue weighted by molar-refractivity contribution is 8.00. The van der Waals surface area contributed by atoms with Crippen molar-refractivity contribution in [1.29, 1.82) is 0 Å². The van der Waals surface area contributed by atoms with Gasteiger partial charge in [-0.25, -0.2) is 4.98 Å². The summed E-state index contributed by atoms with van der Waals surface area (Å²) in [5.74, 6) is 0.684.